The largest absolute Gasteiger partial charge is 0.486 e. The first kappa shape index (κ1) is 21.6. The summed E-state index contributed by atoms with van der Waals surface area (Å²) >= 11 is 1.19. The van der Waals surface area contributed by atoms with Crippen LogP contribution < -0.4 is 14.8 Å². The Bertz CT molecular complexity index is 1180. The third-order valence-electron chi connectivity index (χ3n) is 4.74. The predicted molar refractivity (Wildman–Crippen MR) is 117 cm³/mol. The van der Waals surface area contributed by atoms with Crippen LogP contribution in [-0.2, 0) is 11.3 Å². The zero-order chi connectivity index (χ0) is 22.7. The molecule has 0 saturated heterocycles. The maximum atomic E-state index is 13.9. The molecule has 1 N–H and O–H groups in total. The molecule has 0 radical (unpaired) electrons. The van der Waals surface area contributed by atoms with E-state index in [0.29, 0.717) is 36.4 Å². The van der Waals surface area contributed by atoms with Crippen molar-refractivity contribution in [2.24, 2.45) is 0 Å². The molecule has 0 saturated carbocycles. The van der Waals surface area contributed by atoms with Gasteiger partial charge < -0.3 is 19.4 Å². The maximum absolute atomic E-state index is 13.9. The van der Waals surface area contributed by atoms with Crippen molar-refractivity contribution < 1.29 is 23.6 Å². The Labute approximate surface area is 186 Å². The molecule has 166 valence electrons. The van der Waals surface area contributed by atoms with Gasteiger partial charge in [0, 0.05) is 24.2 Å². The van der Waals surface area contributed by atoms with E-state index in [2.05, 4.69) is 10.3 Å². The molecule has 2 aromatic carbocycles. The number of nitrogens with one attached hydrogen (secondary N) is 1. The first-order valence-corrected chi connectivity index (χ1v) is 10.8. The number of anilines is 1. The van der Waals surface area contributed by atoms with Gasteiger partial charge in [0.1, 0.15) is 19.0 Å². The molecule has 0 unspecified atom stereocenters. The van der Waals surface area contributed by atoms with Crippen molar-refractivity contribution in [2.75, 3.05) is 24.3 Å². The fraction of sp³-hybridized carbons (Fsp3) is 0.238. The van der Waals surface area contributed by atoms with Gasteiger partial charge in [0.25, 0.3) is 5.69 Å². The van der Waals surface area contributed by atoms with E-state index in [1.165, 1.54) is 11.8 Å². The fourth-order valence-corrected chi connectivity index (χ4v) is 4.09. The number of thioether (sulfide) groups is 1. The minimum atomic E-state index is -0.745. The highest BCUT2D eigenvalue weighted by Gasteiger charge is 2.18. The lowest BCUT2D eigenvalue weighted by atomic mass is 10.1. The maximum Gasteiger partial charge on any atom is 0.271 e. The van der Waals surface area contributed by atoms with E-state index < -0.39 is 16.6 Å². The van der Waals surface area contributed by atoms with Crippen molar-refractivity contribution in [3.05, 3.63) is 58.5 Å². The number of hydrogen-bond acceptors (Lipinski definition) is 7. The summed E-state index contributed by atoms with van der Waals surface area (Å²) < 4.78 is 27.1. The Morgan fingerprint density at radius 1 is 1.25 bits per heavy atom. The van der Waals surface area contributed by atoms with Gasteiger partial charge in [-0.1, -0.05) is 11.8 Å². The van der Waals surface area contributed by atoms with E-state index >= 15 is 0 Å². The van der Waals surface area contributed by atoms with Gasteiger partial charge in [-0.05, 0) is 31.2 Å². The third-order valence-corrected chi connectivity index (χ3v) is 5.73. The zero-order valence-corrected chi connectivity index (χ0v) is 17.9. The number of benzene rings is 2. The van der Waals surface area contributed by atoms with Gasteiger partial charge in [0.2, 0.25) is 5.91 Å². The molecule has 1 amide bonds. The van der Waals surface area contributed by atoms with E-state index in [1.54, 1.807) is 6.20 Å². The van der Waals surface area contributed by atoms with Gasteiger partial charge in [-0.3, -0.25) is 14.9 Å². The van der Waals surface area contributed by atoms with Gasteiger partial charge in [0.05, 0.1) is 28.3 Å². The Balaban J connectivity index is 1.47. The number of ether oxygens (including phenoxy) is 2. The number of rotatable bonds is 7. The first-order valence-electron chi connectivity index (χ1n) is 9.78. The Hall–Kier alpha value is -3.60. The molecule has 1 aliphatic rings. The van der Waals surface area contributed by atoms with Gasteiger partial charge in [0.15, 0.2) is 16.7 Å². The standard InChI is InChI=1S/C21H19FN4O5S/c1-2-25-17(13-3-6-18-19(9-13)31-8-7-30-18)11-23-21(25)32-12-20(27)24-16-10-14(26(28)29)4-5-15(16)22/h3-6,9-11H,2,7-8,12H2,1H3,(H,24,27). The summed E-state index contributed by atoms with van der Waals surface area (Å²) in [7, 11) is 0. The van der Waals surface area contributed by atoms with Crippen LogP contribution in [0.15, 0.2) is 47.8 Å². The van der Waals surface area contributed by atoms with E-state index in [-0.39, 0.29) is 17.1 Å². The fourth-order valence-electron chi connectivity index (χ4n) is 3.25. The molecule has 0 atom stereocenters. The number of amides is 1. The van der Waals surface area contributed by atoms with Crippen LogP contribution in [-0.4, -0.2) is 39.3 Å². The number of fused-ring (bicyclic) bond motifs is 1. The van der Waals surface area contributed by atoms with Crippen molar-refractivity contribution in [1.82, 2.24) is 9.55 Å². The molecular weight excluding hydrogens is 439 g/mol. The van der Waals surface area contributed by atoms with Gasteiger partial charge in [-0.15, -0.1) is 0 Å². The molecule has 11 heteroatoms. The molecule has 1 aliphatic heterocycles. The Kier molecular flexibility index (Phi) is 6.26. The monoisotopic (exact) mass is 458 g/mol. The van der Waals surface area contributed by atoms with Crippen molar-refractivity contribution in [2.45, 2.75) is 18.6 Å². The van der Waals surface area contributed by atoms with Crippen LogP contribution in [0.4, 0.5) is 15.8 Å². The molecule has 32 heavy (non-hydrogen) atoms. The van der Waals surface area contributed by atoms with Gasteiger partial charge in [-0.25, -0.2) is 9.37 Å². The van der Waals surface area contributed by atoms with Gasteiger partial charge in [-0.2, -0.15) is 0 Å². The number of nitro benzene ring substituents is 1. The average Bonchev–Trinajstić information content (AvgIpc) is 3.21. The highest BCUT2D eigenvalue weighted by atomic mass is 32.2. The summed E-state index contributed by atoms with van der Waals surface area (Å²) in [6.45, 7) is 3.59. The third kappa shape index (κ3) is 4.52. The van der Waals surface area contributed by atoms with Gasteiger partial charge >= 0.3 is 0 Å². The smallest absolute Gasteiger partial charge is 0.271 e. The number of nitro groups is 1. The average molecular weight is 458 g/mol. The normalized spacial score (nSPS) is 12.4. The quantitative estimate of drug-likeness (QED) is 0.322. The van der Waals surface area contributed by atoms with Crippen LogP contribution in [0.2, 0.25) is 0 Å². The van der Waals surface area contributed by atoms with E-state index in [9.17, 15) is 19.3 Å². The molecule has 0 bridgehead atoms. The number of non-ortho nitro benzene ring substituents is 1. The molecule has 4 rings (SSSR count). The predicted octanol–water partition coefficient (Wildman–Crippen LogP) is 4.12. The summed E-state index contributed by atoms with van der Waals surface area (Å²) in [6.07, 6.45) is 1.72. The van der Waals surface area contributed by atoms with Crippen LogP contribution in [0.1, 0.15) is 6.92 Å². The van der Waals surface area contributed by atoms with Crippen LogP contribution in [0.25, 0.3) is 11.3 Å². The van der Waals surface area contributed by atoms with Crippen LogP contribution in [0, 0.1) is 15.9 Å². The number of halogens is 1. The molecule has 3 aromatic rings. The highest BCUT2D eigenvalue weighted by Crippen LogP contribution is 2.35. The molecule has 0 spiro atoms. The second-order valence-electron chi connectivity index (χ2n) is 6.79. The van der Waals surface area contributed by atoms with Crippen molar-refractivity contribution in [3.8, 4) is 22.8 Å². The lowest BCUT2D eigenvalue weighted by Gasteiger charge is -2.19. The lowest BCUT2D eigenvalue weighted by molar-refractivity contribution is -0.384. The summed E-state index contributed by atoms with van der Waals surface area (Å²) in [5, 5.41) is 13.9. The molecular formula is C21H19FN4O5S. The van der Waals surface area contributed by atoms with Crippen LogP contribution in [0.3, 0.4) is 0 Å². The molecule has 1 aromatic heterocycles. The minimum absolute atomic E-state index is 0.0419. The lowest BCUT2D eigenvalue weighted by Crippen LogP contribution is -2.16. The number of carbonyl (C=O) groups is 1. The number of imidazole rings is 1. The molecule has 0 aliphatic carbocycles. The van der Waals surface area contributed by atoms with Crippen molar-refractivity contribution in [1.29, 1.82) is 0 Å². The topological polar surface area (TPSA) is 109 Å². The summed E-state index contributed by atoms with van der Waals surface area (Å²) in [5.74, 6) is 0.0814. The number of hydrogen-bond donors (Lipinski definition) is 1. The Morgan fingerprint density at radius 3 is 2.78 bits per heavy atom. The van der Waals surface area contributed by atoms with Crippen molar-refractivity contribution >= 4 is 29.0 Å². The van der Waals surface area contributed by atoms with Crippen molar-refractivity contribution in [3.63, 3.8) is 0 Å². The number of carbonyl (C=O) groups excluding carboxylic acids is 1. The summed E-state index contributed by atoms with van der Waals surface area (Å²) in [4.78, 5) is 27.0. The van der Waals surface area contributed by atoms with E-state index in [4.69, 9.17) is 9.47 Å². The highest BCUT2D eigenvalue weighted by molar-refractivity contribution is 7.99. The SMILES string of the molecule is CCn1c(-c2ccc3c(c2)OCCO3)cnc1SCC(=O)Nc1cc([N+](=O)[O-])ccc1F. The summed E-state index contributed by atoms with van der Waals surface area (Å²) in [6, 6.07) is 8.64. The molecule has 2 heterocycles. The molecule has 0 fully saturated rings. The second-order valence-corrected chi connectivity index (χ2v) is 7.73. The zero-order valence-electron chi connectivity index (χ0n) is 17.0. The van der Waals surface area contributed by atoms with E-state index in [1.807, 2.05) is 29.7 Å². The first-order chi connectivity index (χ1) is 15.5. The second kappa shape index (κ2) is 9.27. The van der Waals surface area contributed by atoms with Crippen LogP contribution >= 0.6 is 11.8 Å². The van der Waals surface area contributed by atoms with E-state index in [0.717, 1.165) is 29.5 Å². The Morgan fingerprint density at radius 2 is 2.03 bits per heavy atom. The number of nitrogens with zero attached hydrogens (tertiary/aromatic N) is 3. The molecule has 9 nitrogen and oxygen atoms in total. The summed E-state index contributed by atoms with van der Waals surface area (Å²) in [5.41, 5.74) is 1.22. The number of aromatic nitrogens is 2. The minimum Gasteiger partial charge on any atom is -0.486 e. The van der Waals surface area contributed by atoms with Crippen LogP contribution in [0.5, 0.6) is 11.5 Å².